The summed E-state index contributed by atoms with van der Waals surface area (Å²) in [6.45, 7) is 2.40. The molecular weight excluding hydrogens is 246 g/mol. The number of ether oxygens (including phenoxy) is 1. The summed E-state index contributed by atoms with van der Waals surface area (Å²) in [7, 11) is 0. The molecule has 2 aromatic rings. The second-order valence-corrected chi connectivity index (χ2v) is 5.06. The maximum absolute atomic E-state index is 8.60. The van der Waals surface area contributed by atoms with E-state index in [0.29, 0.717) is 18.7 Å². The Balaban J connectivity index is 1.91. The quantitative estimate of drug-likeness (QED) is 0.506. The van der Waals surface area contributed by atoms with Crippen molar-refractivity contribution in [3.05, 3.63) is 52.2 Å². The van der Waals surface area contributed by atoms with Crippen LogP contribution in [0, 0.1) is 0 Å². The Bertz CT molecular complexity index is 503. The van der Waals surface area contributed by atoms with Crippen LogP contribution in [0.4, 0.5) is 0 Å². The average Bonchev–Trinajstić information content (AvgIpc) is 2.91. The zero-order chi connectivity index (χ0) is 12.8. The monoisotopic (exact) mass is 261 g/mol. The van der Waals surface area contributed by atoms with E-state index in [2.05, 4.69) is 11.2 Å². The lowest BCUT2D eigenvalue weighted by Gasteiger charge is -2.05. The molecule has 0 aliphatic carbocycles. The fourth-order valence-corrected chi connectivity index (χ4v) is 2.20. The summed E-state index contributed by atoms with van der Waals surface area (Å²) in [5.74, 6) is 0.853. The molecule has 0 amide bonds. The molecule has 0 fully saturated rings. The Morgan fingerprint density at radius 1 is 1.28 bits per heavy atom. The topological polar surface area (TPSA) is 41.8 Å². The van der Waals surface area contributed by atoms with Crippen molar-refractivity contribution < 1.29 is 9.94 Å². The van der Waals surface area contributed by atoms with Gasteiger partial charge in [0.25, 0.3) is 0 Å². The van der Waals surface area contributed by atoms with Crippen LogP contribution in [-0.2, 0) is 13.0 Å². The van der Waals surface area contributed by atoms with Gasteiger partial charge in [-0.25, -0.2) is 0 Å². The van der Waals surface area contributed by atoms with Crippen molar-refractivity contribution in [3.63, 3.8) is 0 Å². The van der Waals surface area contributed by atoms with Crippen LogP contribution in [0.2, 0.25) is 0 Å². The summed E-state index contributed by atoms with van der Waals surface area (Å²) in [4.78, 5) is 1.21. The Hall–Kier alpha value is -1.81. The molecule has 0 spiro atoms. The molecule has 94 valence electrons. The van der Waals surface area contributed by atoms with Crippen LogP contribution in [0.15, 0.2) is 46.9 Å². The zero-order valence-electron chi connectivity index (χ0n) is 10.2. The minimum Gasteiger partial charge on any atom is -0.488 e. The molecule has 0 aliphatic heterocycles. The minimum absolute atomic E-state index is 0.605. The largest absolute Gasteiger partial charge is 0.488 e. The van der Waals surface area contributed by atoms with E-state index in [-0.39, 0.29) is 0 Å². The van der Waals surface area contributed by atoms with E-state index in [1.165, 1.54) is 4.88 Å². The first kappa shape index (κ1) is 12.6. The maximum atomic E-state index is 8.60. The summed E-state index contributed by atoms with van der Waals surface area (Å²) < 4.78 is 5.67. The number of benzene rings is 1. The minimum atomic E-state index is 0.605. The van der Waals surface area contributed by atoms with Gasteiger partial charge in [-0.3, -0.25) is 0 Å². The van der Waals surface area contributed by atoms with Gasteiger partial charge in [0.2, 0.25) is 0 Å². The van der Waals surface area contributed by atoms with Gasteiger partial charge in [0.05, 0.1) is 5.71 Å². The molecule has 0 atom stereocenters. The molecular formula is C14H15NO2S. The molecule has 2 rings (SSSR count). The van der Waals surface area contributed by atoms with Crippen molar-refractivity contribution in [1.29, 1.82) is 0 Å². The van der Waals surface area contributed by atoms with E-state index in [4.69, 9.17) is 9.94 Å². The first-order valence-corrected chi connectivity index (χ1v) is 6.57. The van der Waals surface area contributed by atoms with Gasteiger partial charge >= 0.3 is 0 Å². The second kappa shape index (κ2) is 6.21. The number of rotatable bonds is 5. The summed E-state index contributed by atoms with van der Waals surface area (Å²) in [6, 6.07) is 11.9. The van der Waals surface area contributed by atoms with E-state index in [1.54, 1.807) is 18.3 Å². The molecule has 3 nitrogen and oxygen atoms in total. The van der Waals surface area contributed by atoms with E-state index in [0.717, 1.165) is 11.3 Å². The molecule has 18 heavy (non-hydrogen) atoms. The molecule has 1 N–H and O–H groups in total. The molecule has 4 heteroatoms. The number of oxime groups is 1. The Kier molecular flexibility index (Phi) is 4.36. The maximum Gasteiger partial charge on any atom is 0.122 e. The third-order valence-electron chi connectivity index (χ3n) is 2.52. The van der Waals surface area contributed by atoms with Crippen LogP contribution < -0.4 is 4.74 Å². The summed E-state index contributed by atoms with van der Waals surface area (Å²) in [5, 5.41) is 13.8. The van der Waals surface area contributed by atoms with Crippen molar-refractivity contribution in [3.8, 4) is 5.75 Å². The number of hydrogen-bond acceptors (Lipinski definition) is 4. The highest BCUT2D eigenvalue weighted by Crippen LogP contribution is 2.16. The van der Waals surface area contributed by atoms with Gasteiger partial charge in [0.15, 0.2) is 0 Å². The highest BCUT2D eigenvalue weighted by molar-refractivity contribution is 7.09. The van der Waals surface area contributed by atoms with Gasteiger partial charge in [0.1, 0.15) is 12.4 Å². The predicted molar refractivity (Wildman–Crippen MR) is 73.7 cm³/mol. The average molecular weight is 261 g/mol. The normalized spacial score (nSPS) is 11.5. The fraction of sp³-hybridized carbons (Fsp3) is 0.214. The van der Waals surface area contributed by atoms with Crippen LogP contribution in [0.5, 0.6) is 5.75 Å². The van der Waals surface area contributed by atoms with Gasteiger partial charge in [-0.1, -0.05) is 23.4 Å². The van der Waals surface area contributed by atoms with Gasteiger partial charge in [-0.15, -0.1) is 11.3 Å². The first-order valence-electron chi connectivity index (χ1n) is 5.69. The molecule has 0 aliphatic rings. The summed E-state index contributed by atoms with van der Waals surface area (Å²) in [5.41, 5.74) is 1.80. The Morgan fingerprint density at radius 2 is 2.06 bits per heavy atom. The van der Waals surface area contributed by atoms with E-state index < -0.39 is 0 Å². The molecule has 0 bridgehead atoms. The predicted octanol–water partition coefficient (Wildman–Crippen LogP) is 3.72. The molecule has 0 unspecified atom stereocenters. The fourth-order valence-electron chi connectivity index (χ4n) is 1.58. The number of nitrogens with zero attached hydrogens (tertiary/aromatic N) is 1. The SMILES string of the molecule is C/C(Cc1ccc(OCc2cccs2)cc1)=N/O. The van der Waals surface area contributed by atoms with E-state index in [1.807, 2.05) is 35.7 Å². The Morgan fingerprint density at radius 3 is 2.67 bits per heavy atom. The second-order valence-electron chi connectivity index (χ2n) is 4.02. The molecule has 0 saturated heterocycles. The highest BCUT2D eigenvalue weighted by Gasteiger charge is 1.99. The van der Waals surface area contributed by atoms with E-state index in [9.17, 15) is 0 Å². The van der Waals surface area contributed by atoms with Gasteiger partial charge in [-0.2, -0.15) is 0 Å². The van der Waals surface area contributed by atoms with Crippen LogP contribution in [-0.4, -0.2) is 10.9 Å². The highest BCUT2D eigenvalue weighted by atomic mass is 32.1. The number of hydrogen-bond donors (Lipinski definition) is 1. The van der Waals surface area contributed by atoms with Crippen molar-refractivity contribution in [2.75, 3.05) is 0 Å². The lowest BCUT2D eigenvalue weighted by atomic mass is 10.1. The third-order valence-corrected chi connectivity index (χ3v) is 3.37. The summed E-state index contributed by atoms with van der Waals surface area (Å²) >= 11 is 1.69. The van der Waals surface area contributed by atoms with Gasteiger partial charge in [-0.05, 0) is 36.1 Å². The van der Waals surface area contributed by atoms with Crippen molar-refractivity contribution in [1.82, 2.24) is 0 Å². The van der Waals surface area contributed by atoms with Gasteiger partial charge in [0, 0.05) is 11.3 Å². The summed E-state index contributed by atoms with van der Waals surface area (Å²) in [6.07, 6.45) is 0.654. The molecule has 0 saturated carbocycles. The van der Waals surface area contributed by atoms with Crippen molar-refractivity contribution in [2.45, 2.75) is 20.0 Å². The zero-order valence-corrected chi connectivity index (χ0v) is 11.0. The lowest BCUT2D eigenvalue weighted by molar-refractivity contribution is 0.310. The van der Waals surface area contributed by atoms with Crippen LogP contribution >= 0.6 is 11.3 Å². The van der Waals surface area contributed by atoms with Gasteiger partial charge < -0.3 is 9.94 Å². The lowest BCUT2D eigenvalue weighted by Crippen LogP contribution is -1.98. The first-order chi connectivity index (χ1) is 8.78. The molecule has 1 aromatic heterocycles. The smallest absolute Gasteiger partial charge is 0.122 e. The van der Waals surface area contributed by atoms with Crippen molar-refractivity contribution >= 4 is 17.0 Å². The van der Waals surface area contributed by atoms with Crippen molar-refractivity contribution in [2.24, 2.45) is 5.16 Å². The van der Waals surface area contributed by atoms with Crippen LogP contribution in [0.3, 0.4) is 0 Å². The molecule has 0 radical (unpaired) electrons. The van der Waals surface area contributed by atoms with E-state index >= 15 is 0 Å². The van der Waals surface area contributed by atoms with Crippen LogP contribution in [0.25, 0.3) is 0 Å². The molecule has 1 heterocycles. The standard InChI is InChI=1S/C14H15NO2S/c1-11(15-16)9-12-4-6-13(7-5-12)17-10-14-3-2-8-18-14/h2-8,16H,9-10H2,1H3/b15-11-. The Labute approximate surface area is 110 Å². The molecule has 1 aromatic carbocycles. The third kappa shape index (κ3) is 3.60. The van der Waals surface area contributed by atoms with Crippen LogP contribution in [0.1, 0.15) is 17.4 Å². The number of thiophene rings is 1.